The Hall–Kier alpha value is -3.71. The molecule has 7 heteroatoms. The van der Waals surface area contributed by atoms with Crippen molar-refractivity contribution in [3.8, 4) is 11.1 Å². The Balaban J connectivity index is 1.67. The summed E-state index contributed by atoms with van der Waals surface area (Å²) >= 11 is 0. The number of fused-ring (bicyclic) bond motifs is 1. The number of nitrogens with zero attached hydrogens (tertiary/aromatic N) is 5. The predicted octanol–water partition coefficient (Wildman–Crippen LogP) is 2.76. The van der Waals surface area contributed by atoms with Crippen LogP contribution in [-0.2, 0) is 11.3 Å². The lowest BCUT2D eigenvalue weighted by Crippen LogP contribution is -2.59. The fraction of sp³-hybridized carbons (Fsp3) is 0.208. The number of hydrogen-bond donors (Lipinski definition) is 1. The molecule has 1 spiro atoms. The maximum absolute atomic E-state index is 13.6. The monoisotopic (exact) mass is 410 g/mol. The first-order valence-corrected chi connectivity index (χ1v) is 10.1. The molecule has 7 nitrogen and oxygen atoms in total. The van der Waals surface area contributed by atoms with Crippen molar-refractivity contribution in [1.29, 1.82) is 0 Å². The fourth-order valence-corrected chi connectivity index (χ4v) is 4.53. The van der Waals surface area contributed by atoms with Crippen LogP contribution in [0.3, 0.4) is 0 Å². The van der Waals surface area contributed by atoms with Crippen molar-refractivity contribution in [3.05, 3.63) is 78.8 Å². The molecule has 0 radical (unpaired) electrons. The molecule has 4 heterocycles. The minimum atomic E-state index is -0.564. The molecule has 0 unspecified atom stereocenters. The third-order valence-corrected chi connectivity index (χ3v) is 6.08. The molecule has 2 aliphatic heterocycles. The zero-order valence-corrected chi connectivity index (χ0v) is 17.2. The van der Waals surface area contributed by atoms with E-state index in [1.807, 2.05) is 24.4 Å². The largest absolute Gasteiger partial charge is 0.314 e. The van der Waals surface area contributed by atoms with E-state index in [2.05, 4.69) is 32.9 Å². The first-order chi connectivity index (χ1) is 15.2. The summed E-state index contributed by atoms with van der Waals surface area (Å²) in [5.74, 6) is 0.0567. The van der Waals surface area contributed by atoms with Crippen molar-refractivity contribution in [2.75, 3.05) is 20.1 Å². The van der Waals surface area contributed by atoms with Gasteiger partial charge in [0, 0.05) is 61.5 Å². The first-order valence-electron chi connectivity index (χ1n) is 10.1. The van der Waals surface area contributed by atoms with Crippen molar-refractivity contribution >= 4 is 22.9 Å². The highest BCUT2D eigenvalue weighted by Gasteiger charge is 2.55. The Morgan fingerprint density at radius 2 is 2.00 bits per heavy atom. The topological polar surface area (TPSA) is 83.4 Å². The van der Waals surface area contributed by atoms with Crippen molar-refractivity contribution < 1.29 is 4.79 Å². The summed E-state index contributed by atoms with van der Waals surface area (Å²) in [5.41, 5.74) is 3.74. The molecule has 3 aromatic rings. The second kappa shape index (κ2) is 7.52. The molecule has 1 fully saturated rings. The van der Waals surface area contributed by atoms with Crippen LogP contribution < -0.4 is 5.32 Å². The number of hydrogen-bond acceptors (Lipinski definition) is 6. The maximum Gasteiger partial charge on any atom is 0.240 e. The van der Waals surface area contributed by atoms with Crippen LogP contribution in [0.2, 0.25) is 0 Å². The van der Waals surface area contributed by atoms with E-state index < -0.39 is 5.41 Å². The number of aliphatic imine (C=N–C) groups is 1. The molecule has 0 atom stereocenters. The molecule has 1 saturated heterocycles. The van der Waals surface area contributed by atoms with Gasteiger partial charge in [0.15, 0.2) is 0 Å². The number of aromatic nitrogens is 3. The molecule has 31 heavy (non-hydrogen) atoms. The number of nitrogens with one attached hydrogen (secondary N) is 1. The average Bonchev–Trinajstić information content (AvgIpc) is 3.02. The molecule has 0 bridgehead atoms. The summed E-state index contributed by atoms with van der Waals surface area (Å²) in [4.78, 5) is 32.7. The van der Waals surface area contributed by atoms with Gasteiger partial charge in [-0.15, -0.1) is 0 Å². The fourth-order valence-electron chi connectivity index (χ4n) is 4.53. The number of carbonyl (C=O) groups is 1. The van der Waals surface area contributed by atoms with Crippen molar-refractivity contribution in [3.63, 3.8) is 0 Å². The zero-order valence-electron chi connectivity index (χ0n) is 17.2. The summed E-state index contributed by atoms with van der Waals surface area (Å²) in [5, 5.41) is 5.31. The Morgan fingerprint density at radius 1 is 1.23 bits per heavy atom. The molecule has 0 aliphatic carbocycles. The van der Waals surface area contributed by atoms with Crippen molar-refractivity contribution in [2.45, 2.75) is 6.54 Å². The average molecular weight is 410 g/mol. The third kappa shape index (κ3) is 2.89. The lowest BCUT2D eigenvalue weighted by Gasteiger charge is -2.39. The summed E-state index contributed by atoms with van der Waals surface area (Å²) in [6, 6.07) is 8.08. The molecule has 2 aromatic heterocycles. The highest BCUT2D eigenvalue weighted by atomic mass is 16.2. The normalized spacial score (nSPS) is 17.7. The van der Waals surface area contributed by atoms with Gasteiger partial charge in [-0.3, -0.25) is 14.8 Å². The van der Waals surface area contributed by atoms with Gasteiger partial charge in [-0.2, -0.15) is 0 Å². The Labute approximate surface area is 180 Å². The van der Waals surface area contributed by atoms with E-state index in [4.69, 9.17) is 4.98 Å². The van der Waals surface area contributed by atoms with Crippen LogP contribution in [0.4, 0.5) is 0 Å². The number of carbonyl (C=O) groups excluding carboxylic acids is 1. The molecule has 2 aliphatic rings. The van der Waals surface area contributed by atoms with Crippen LogP contribution in [0.15, 0.2) is 78.1 Å². The number of amides is 1. The SMILES string of the molecule is C=CC1=C(C=NC)N(Cc2ncc3ccccc3c2-c2cncnc2)C(=O)C12CNC2. The highest BCUT2D eigenvalue weighted by Crippen LogP contribution is 2.44. The lowest BCUT2D eigenvalue weighted by atomic mass is 9.75. The van der Waals surface area contributed by atoms with Gasteiger partial charge in [0.2, 0.25) is 5.91 Å². The van der Waals surface area contributed by atoms with Crippen LogP contribution in [0.5, 0.6) is 0 Å². The maximum atomic E-state index is 13.6. The van der Waals surface area contributed by atoms with E-state index in [-0.39, 0.29) is 5.91 Å². The Kier molecular flexibility index (Phi) is 4.67. The lowest BCUT2D eigenvalue weighted by molar-refractivity contribution is -0.137. The van der Waals surface area contributed by atoms with Crippen LogP contribution in [0.25, 0.3) is 21.9 Å². The van der Waals surface area contributed by atoms with Gasteiger partial charge in [-0.25, -0.2) is 9.97 Å². The standard InChI is InChI=1S/C24H22N6O/c1-3-19-21(11-25-2)30(23(31)24(19)13-28-14-24)12-20-22(17-8-26-15-27-9-17)18-7-5-4-6-16(18)10-29-20/h3-11,15,28H,1,12-14H2,2H3. The van der Waals surface area contributed by atoms with E-state index in [1.165, 1.54) is 6.33 Å². The van der Waals surface area contributed by atoms with Gasteiger partial charge in [-0.1, -0.05) is 36.9 Å². The minimum absolute atomic E-state index is 0.0567. The van der Waals surface area contributed by atoms with Crippen LogP contribution in [0, 0.1) is 5.41 Å². The van der Waals surface area contributed by atoms with Gasteiger partial charge < -0.3 is 10.2 Å². The smallest absolute Gasteiger partial charge is 0.240 e. The summed E-state index contributed by atoms with van der Waals surface area (Å²) in [6.07, 6.45) is 10.5. The quantitative estimate of drug-likeness (QED) is 0.654. The molecule has 5 rings (SSSR count). The van der Waals surface area contributed by atoms with E-state index in [1.54, 1.807) is 36.6 Å². The van der Waals surface area contributed by atoms with E-state index >= 15 is 0 Å². The minimum Gasteiger partial charge on any atom is -0.314 e. The van der Waals surface area contributed by atoms with Gasteiger partial charge >= 0.3 is 0 Å². The van der Waals surface area contributed by atoms with Crippen LogP contribution >= 0.6 is 0 Å². The Morgan fingerprint density at radius 3 is 2.68 bits per heavy atom. The molecule has 154 valence electrons. The predicted molar refractivity (Wildman–Crippen MR) is 120 cm³/mol. The van der Waals surface area contributed by atoms with Gasteiger partial charge in [-0.05, 0) is 11.0 Å². The van der Waals surface area contributed by atoms with E-state index in [0.717, 1.165) is 38.9 Å². The number of rotatable bonds is 5. The van der Waals surface area contributed by atoms with Gasteiger partial charge in [0.05, 0.1) is 17.9 Å². The van der Waals surface area contributed by atoms with Crippen LogP contribution in [0.1, 0.15) is 5.69 Å². The molecule has 1 N–H and O–H groups in total. The molecular formula is C24H22N6O. The molecule has 1 amide bonds. The second-order valence-electron chi connectivity index (χ2n) is 7.76. The number of allylic oxidation sites excluding steroid dienone is 2. The highest BCUT2D eigenvalue weighted by molar-refractivity contribution is 6.02. The van der Waals surface area contributed by atoms with E-state index in [9.17, 15) is 4.79 Å². The van der Waals surface area contributed by atoms with Gasteiger partial charge in [0.1, 0.15) is 11.7 Å². The number of benzene rings is 1. The Bertz CT molecular complexity index is 1240. The third-order valence-electron chi connectivity index (χ3n) is 6.08. The van der Waals surface area contributed by atoms with Gasteiger partial charge in [0.25, 0.3) is 0 Å². The summed E-state index contributed by atoms with van der Waals surface area (Å²) in [6.45, 7) is 5.52. The van der Waals surface area contributed by atoms with Crippen molar-refractivity contribution in [1.82, 2.24) is 25.2 Å². The van der Waals surface area contributed by atoms with Crippen LogP contribution in [-0.4, -0.2) is 52.1 Å². The van der Waals surface area contributed by atoms with Crippen molar-refractivity contribution in [2.24, 2.45) is 10.4 Å². The molecule has 0 saturated carbocycles. The summed E-state index contributed by atoms with van der Waals surface area (Å²) < 4.78 is 0. The summed E-state index contributed by atoms with van der Waals surface area (Å²) in [7, 11) is 1.71. The molecular weight excluding hydrogens is 388 g/mol. The second-order valence-corrected chi connectivity index (χ2v) is 7.76. The zero-order chi connectivity index (χ0) is 21.4. The molecule has 1 aromatic carbocycles. The number of pyridine rings is 1. The van der Waals surface area contributed by atoms with E-state index in [0.29, 0.717) is 19.6 Å². The first kappa shape index (κ1) is 19.3.